The predicted molar refractivity (Wildman–Crippen MR) is 93.5 cm³/mol. The highest BCUT2D eigenvalue weighted by Crippen LogP contribution is 2.21. The Morgan fingerprint density at radius 2 is 1.56 bits per heavy atom. The Labute approximate surface area is 154 Å². The van der Waals surface area contributed by atoms with Gasteiger partial charge in [0.25, 0.3) is 11.8 Å². The van der Waals surface area contributed by atoms with Gasteiger partial charge in [0.1, 0.15) is 6.61 Å². The lowest BCUT2D eigenvalue weighted by molar-refractivity contribution is 0.0415. The summed E-state index contributed by atoms with van der Waals surface area (Å²) in [5.41, 5.74) is 1.48. The van der Waals surface area contributed by atoms with Crippen LogP contribution in [0.2, 0.25) is 0 Å². The van der Waals surface area contributed by atoms with Crippen molar-refractivity contribution in [3.63, 3.8) is 0 Å². The van der Waals surface area contributed by atoms with Crippen molar-refractivity contribution in [2.45, 2.75) is 0 Å². The van der Waals surface area contributed by atoms with Crippen LogP contribution in [0, 0.1) is 0 Å². The number of carbonyl (C=O) groups is 3. The molecule has 0 saturated carbocycles. The molecule has 8 nitrogen and oxygen atoms in total. The van der Waals surface area contributed by atoms with Crippen molar-refractivity contribution in [2.24, 2.45) is 0 Å². The minimum Gasteiger partial charge on any atom is -0.459 e. The molecule has 1 aromatic heterocycles. The van der Waals surface area contributed by atoms with Crippen LogP contribution in [0.4, 0.5) is 0 Å². The van der Waals surface area contributed by atoms with Gasteiger partial charge in [0.2, 0.25) is 0 Å². The third-order valence-electron chi connectivity index (χ3n) is 4.11. The maximum atomic E-state index is 12.3. The second kappa shape index (κ2) is 6.83. The smallest absolute Gasteiger partial charge is 0.360 e. The molecule has 134 valence electrons. The third kappa shape index (κ3) is 3.08. The van der Waals surface area contributed by atoms with E-state index in [1.54, 1.807) is 36.4 Å². The highest BCUT2D eigenvalue weighted by Gasteiger charge is 2.34. The highest BCUT2D eigenvalue weighted by atomic mass is 16.5. The van der Waals surface area contributed by atoms with Gasteiger partial charge in [-0.2, -0.15) is 9.90 Å². The lowest BCUT2D eigenvalue weighted by Crippen LogP contribution is -2.33. The van der Waals surface area contributed by atoms with Crippen LogP contribution in [0.1, 0.15) is 31.2 Å². The largest absolute Gasteiger partial charge is 0.459 e. The van der Waals surface area contributed by atoms with E-state index in [9.17, 15) is 14.4 Å². The summed E-state index contributed by atoms with van der Waals surface area (Å²) in [5.74, 6) is -1.45. The molecule has 8 heteroatoms. The van der Waals surface area contributed by atoms with Gasteiger partial charge in [-0.1, -0.05) is 30.3 Å². The molecule has 2 amide bonds. The molecule has 0 aliphatic carbocycles. The first-order chi connectivity index (χ1) is 13.1. The van der Waals surface area contributed by atoms with Gasteiger partial charge in [0.05, 0.1) is 29.6 Å². The van der Waals surface area contributed by atoms with Crippen molar-refractivity contribution in [2.75, 3.05) is 13.2 Å². The van der Waals surface area contributed by atoms with Crippen LogP contribution in [0.25, 0.3) is 5.69 Å². The van der Waals surface area contributed by atoms with E-state index in [0.29, 0.717) is 16.8 Å². The van der Waals surface area contributed by atoms with Crippen molar-refractivity contribution in [3.8, 4) is 5.69 Å². The van der Waals surface area contributed by atoms with Gasteiger partial charge in [-0.05, 0) is 24.3 Å². The summed E-state index contributed by atoms with van der Waals surface area (Å²) in [6.07, 6.45) is 1.30. The van der Waals surface area contributed by atoms with Gasteiger partial charge in [-0.25, -0.2) is 4.79 Å². The average Bonchev–Trinajstić information content (AvgIpc) is 3.29. The fourth-order valence-corrected chi connectivity index (χ4v) is 2.79. The van der Waals surface area contributed by atoms with Crippen molar-refractivity contribution in [1.82, 2.24) is 19.9 Å². The van der Waals surface area contributed by atoms with Gasteiger partial charge >= 0.3 is 5.97 Å². The summed E-state index contributed by atoms with van der Waals surface area (Å²) >= 11 is 0. The quantitative estimate of drug-likeness (QED) is 0.507. The first kappa shape index (κ1) is 16.6. The predicted octanol–water partition coefficient (Wildman–Crippen LogP) is 1.72. The van der Waals surface area contributed by atoms with E-state index in [1.165, 1.54) is 11.0 Å². The molecular weight excluding hydrogens is 348 g/mol. The molecule has 1 aliphatic heterocycles. The fraction of sp³-hybridized carbons (Fsp3) is 0.105. The van der Waals surface area contributed by atoms with Crippen molar-refractivity contribution >= 4 is 17.8 Å². The Balaban J connectivity index is 1.36. The van der Waals surface area contributed by atoms with Crippen LogP contribution in [0.15, 0.2) is 60.8 Å². The number of rotatable bonds is 5. The molecule has 4 rings (SSSR count). The Bertz CT molecular complexity index is 994. The zero-order valence-electron chi connectivity index (χ0n) is 14.1. The summed E-state index contributed by atoms with van der Waals surface area (Å²) in [7, 11) is 0. The van der Waals surface area contributed by atoms with Crippen molar-refractivity contribution < 1.29 is 19.1 Å². The summed E-state index contributed by atoms with van der Waals surface area (Å²) in [6, 6.07) is 15.7. The summed E-state index contributed by atoms with van der Waals surface area (Å²) in [5, 5.41) is 8.11. The Morgan fingerprint density at radius 3 is 2.22 bits per heavy atom. The van der Waals surface area contributed by atoms with E-state index in [4.69, 9.17) is 4.74 Å². The number of hydrogen-bond acceptors (Lipinski definition) is 6. The number of amides is 2. The minimum absolute atomic E-state index is 0.0229. The van der Waals surface area contributed by atoms with Gasteiger partial charge in [-0.15, -0.1) is 5.10 Å². The van der Waals surface area contributed by atoms with Crippen molar-refractivity contribution in [3.05, 3.63) is 77.6 Å². The number of nitrogens with zero attached hydrogens (tertiary/aromatic N) is 4. The maximum absolute atomic E-state index is 12.3. The normalized spacial score (nSPS) is 13.0. The van der Waals surface area contributed by atoms with Crippen LogP contribution in [-0.4, -0.2) is 50.8 Å². The summed E-state index contributed by atoms with van der Waals surface area (Å²) in [6.45, 7) is -0.145. The average molecular weight is 362 g/mol. The SMILES string of the molecule is O=C(OCCN1C(=O)c2ccccc2C1=O)c1cnn(-c2ccccc2)n1. The van der Waals surface area contributed by atoms with Gasteiger partial charge < -0.3 is 4.74 Å². The van der Waals surface area contributed by atoms with Crippen LogP contribution in [0.3, 0.4) is 0 Å². The van der Waals surface area contributed by atoms with Crippen LogP contribution in [-0.2, 0) is 4.74 Å². The molecule has 3 aromatic rings. The number of para-hydroxylation sites is 1. The third-order valence-corrected chi connectivity index (χ3v) is 4.11. The molecule has 2 heterocycles. The number of carbonyl (C=O) groups excluding carboxylic acids is 3. The molecule has 0 fully saturated rings. The second-order valence-corrected chi connectivity index (χ2v) is 5.80. The molecule has 0 unspecified atom stereocenters. The Kier molecular flexibility index (Phi) is 4.21. The van der Waals surface area contributed by atoms with E-state index in [2.05, 4.69) is 10.2 Å². The zero-order chi connectivity index (χ0) is 18.8. The van der Waals surface area contributed by atoms with E-state index < -0.39 is 5.97 Å². The van der Waals surface area contributed by atoms with Crippen LogP contribution in [0.5, 0.6) is 0 Å². The fourth-order valence-electron chi connectivity index (χ4n) is 2.79. The number of fused-ring (bicyclic) bond motifs is 1. The molecule has 0 saturated heterocycles. The first-order valence-corrected chi connectivity index (χ1v) is 8.25. The standard InChI is InChI=1S/C19H14N4O4/c24-17-14-8-4-5-9-15(14)18(25)22(17)10-11-27-19(26)16-12-20-23(21-16)13-6-2-1-3-7-13/h1-9,12H,10-11H2. The first-order valence-electron chi connectivity index (χ1n) is 8.25. The molecule has 1 aliphatic rings. The molecule has 0 bridgehead atoms. The van der Waals surface area contributed by atoms with E-state index >= 15 is 0 Å². The molecule has 0 radical (unpaired) electrons. The van der Waals surface area contributed by atoms with E-state index in [0.717, 1.165) is 4.90 Å². The molecule has 0 spiro atoms. The number of benzene rings is 2. The zero-order valence-corrected chi connectivity index (χ0v) is 14.1. The number of ether oxygens (including phenoxy) is 1. The number of hydrogen-bond donors (Lipinski definition) is 0. The molecule has 0 atom stereocenters. The van der Waals surface area contributed by atoms with E-state index in [1.807, 2.05) is 18.2 Å². The monoisotopic (exact) mass is 362 g/mol. The summed E-state index contributed by atoms with van der Waals surface area (Å²) in [4.78, 5) is 39.0. The minimum atomic E-state index is -0.672. The molecule has 27 heavy (non-hydrogen) atoms. The van der Waals surface area contributed by atoms with Crippen LogP contribution >= 0.6 is 0 Å². The second-order valence-electron chi connectivity index (χ2n) is 5.80. The molecule has 0 N–H and O–H groups in total. The van der Waals surface area contributed by atoms with Gasteiger partial charge in [0.15, 0.2) is 5.69 Å². The lowest BCUT2D eigenvalue weighted by atomic mass is 10.1. The number of esters is 1. The highest BCUT2D eigenvalue weighted by molar-refractivity contribution is 6.21. The maximum Gasteiger partial charge on any atom is 0.360 e. The summed E-state index contributed by atoms with van der Waals surface area (Å²) < 4.78 is 5.13. The topological polar surface area (TPSA) is 94.4 Å². The van der Waals surface area contributed by atoms with Gasteiger partial charge in [-0.3, -0.25) is 14.5 Å². The van der Waals surface area contributed by atoms with Gasteiger partial charge in [0, 0.05) is 0 Å². The molecular formula is C19H14N4O4. The lowest BCUT2D eigenvalue weighted by Gasteiger charge is -2.13. The van der Waals surface area contributed by atoms with Crippen molar-refractivity contribution in [1.29, 1.82) is 0 Å². The Morgan fingerprint density at radius 1 is 0.926 bits per heavy atom. The number of aromatic nitrogens is 3. The molecule has 2 aromatic carbocycles. The van der Waals surface area contributed by atoms with E-state index in [-0.39, 0.29) is 30.7 Å². The number of imide groups is 1. The van der Waals surface area contributed by atoms with Crippen LogP contribution < -0.4 is 0 Å². The Hall–Kier alpha value is -3.81.